The minimum absolute atomic E-state index is 0.0282. The number of amides is 1. The second-order valence-corrected chi connectivity index (χ2v) is 5.72. The summed E-state index contributed by atoms with van der Waals surface area (Å²) in [4.78, 5) is 50.0. The van der Waals surface area contributed by atoms with E-state index >= 15 is 0 Å². The number of hydrogen-bond acceptors (Lipinski definition) is 7. The minimum Gasteiger partial charge on any atom is -0.465 e. The summed E-state index contributed by atoms with van der Waals surface area (Å²) in [7, 11) is 0. The predicted molar refractivity (Wildman–Crippen MR) is 87.3 cm³/mol. The van der Waals surface area contributed by atoms with E-state index in [1.807, 2.05) is 6.92 Å². The molecular formula is C17H27NO7. The molecule has 8 nitrogen and oxygen atoms in total. The summed E-state index contributed by atoms with van der Waals surface area (Å²) in [5, 5.41) is 2.40. The Labute approximate surface area is 147 Å². The van der Waals surface area contributed by atoms with Gasteiger partial charge in [-0.2, -0.15) is 0 Å². The molecule has 0 aromatic carbocycles. The Morgan fingerprint density at radius 3 is 1.92 bits per heavy atom. The number of esters is 3. The predicted octanol–water partition coefficient (Wildman–Crippen LogP) is 0.967. The number of rotatable bonds is 9. The van der Waals surface area contributed by atoms with Crippen LogP contribution in [-0.2, 0) is 33.4 Å². The molecule has 0 unspecified atom stereocenters. The molecule has 0 aromatic rings. The molecule has 1 saturated heterocycles. The van der Waals surface area contributed by atoms with E-state index in [1.165, 1.54) is 0 Å². The second-order valence-electron chi connectivity index (χ2n) is 5.72. The lowest BCUT2D eigenvalue weighted by Crippen LogP contribution is -2.61. The smallest absolute Gasteiger partial charge is 0.344 e. The third-order valence-electron chi connectivity index (χ3n) is 4.17. The van der Waals surface area contributed by atoms with Gasteiger partial charge in [-0.05, 0) is 27.2 Å². The molecule has 2 atom stereocenters. The fraction of sp³-hybridized carbons (Fsp3) is 0.765. The molecule has 1 aliphatic heterocycles. The molecule has 1 aliphatic rings. The number of unbranched alkanes of at least 4 members (excludes halogenated alkanes) is 1. The summed E-state index contributed by atoms with van der Waals surface area (Å²) < 4.78 is 15.0. The Kier molecular flexibility index (Phi) is 7.86. The number of carbonyl (C=O) groups is 4. The van der Waals surface area contributed by atoms with E-state index in [9.17, 15) is 19.2 Å². The molecule has 0 radical (unpaired) electrons. The molecule has 1 amide bonds. The van der Waals surface area contributed by atoms with Gasteiger partial charge in [0.15, 0.2) is 0 Å². The lowest BCUT2D eigenvalue weighted by Gasteiger charge is -2.31. The summed E-state index contributed by atoms with van der Waals surface area (Å²) in [6.07, 6.45) is 1.69. The summed E-state index contributed by atoms with van der Waals surface area (Å²) in [5.41, 5.74) is -2.02. The molecule has 0 spiro atoms. The highest BCUT2D eigenvalue weighted by atomic mass is 16.6. The van der Waals surface area contributed by atoms with Gasteiger partial charge in [0.2, 0.25) is 11.4 Å². The van der Waals surface area contributed by atoms with Crippen molar-refractivity contribution in [3.8, 4) is 0 Å². The van der Waals surface area contributed by atoms with E-state index in [0.717, 1.165) is 6.42 Å². The van der Waals surface area contributed by atoms with Crippen molar-refractivity contribution in [1.82, 2.24) is 5.32 Å². The van der Waals surface area contributed by atoms with Crippen LogP contribution in [0.5, 0.6) is 0 Å². The van der Waals surface area contributed by atoms with Crippen molar-refractivity contribution in [1.29, 1.82) is 0 Å². The Morgan fingerprint density at radius 1 is 0.960 bits per heavy atom. The van der Waals surface area contributed by atoms with Crippen LogP contribution in [0.2, 0.25) is 0 Å². The zero-order chi connectivity index (χ0) is 19.0. The first-order chi connectivity index (χ1) is 11.9. The van der Waals surface area contributed by atoms with E-state index in [2.05, 4.69) is 5.32 Å². The van der Waals surface area contributed by atoms with Crippen molar-refractivity contribution in [2.24, 2.45) is 11.8 Å². The van der Waals surface area contributed by atoms with E-state index in [-0.39, 0.29) is 19.8 Å². The summed E-state index contributed by atoms with van der Waals surface area (Å²) in [6.45, 7) is 6.89. The van der Waals surface area contributed by atoms with E-state index in [0.29, 0.717) is 12.8 Å². The van der Waals surface area contributed by atoms with Gasteiger partial charge in [0.25, 0.3) is 0 Å². The summed E-state index contributed by atoms with van der Waals surface area (Å²) in [6, 6.07) is 0. The van der Waals surface area contributed by atoms with Gasteiger partial charge < -0.3 is 19.5 Å². The lowest BCUT2D eigenvalue weighted by atomic mass is 9.76. The van der Waals surface area contributed by atoms with Crippen LogP contribution in [0.15, 0.2) is 0 Å². The van der Waals surface area contributed by atoms with Gasteiger partial charge in [-0.1, -0.05) is 19.8 Å². The lowest BCUT2D eigenvalue weighted by molar-refractivity contribution is -0.169. The Balaban J connectivity index is 3.38. The quantitative estimate of drug-likeness (QED) is 0.372. The van der Waals surface area contributed by atoms with Crippen molar-refractivity contribution in [3.63, 3.8) is 0 Å². The zero-order valence-corrected chi connectivity index (χ0v) is 15.3. The molecule has 25 heavy (non-hydrogen) atoms. The fourth-order valence-electron chi connectivity index (χ4n) is 3.09. The van der Waals surface area contributed by atoms with Gasteiger partial charge in [0.05, 0.1) is 19.8 Å². The molecular weight excluding hydrogens is 330 g/mol. The monoisotopic (exact) mass is 357 g/mol. The van der Waals surface area contributed by atoms with Crippen molar-refractivity contribution in [2.75, 3.05) is 19.8 Å². The molecule has 0 aliphatic carbocycles. The number of hydrogen-bond donors (Lipinski definition) is 1. The maximum atomic E-state index is 12.6. The standard InChI is InChI=1S/C17H27NO7/c1-5-9-10-11-12(14(20)23-6-2)13(19)18-17(11,15(21)24-7-3)16(22)25-8-4/h11-12H,5-10H2,1-4H3,(H,18,19)/t11-,12-/m1/s1. The average molecular weight is 357 g/mol. The highest BCUT2D eigenvalue weighted by Gasteiger charge is 2.66. The fourth-order valence-corrected chi connectivity index (χ4v) is 3.09. The number of ether oxygens (including phenoxy) is 3. The largest absolute Gasteiger partial charge is 0.465 e. The minimum atomic E-state index is -2.02. The van der Waals surface area contributed by atoms with Crippen LogP contribution in [0, 0.1) is 11.8 Å². The van der Waals surface area contributed by atoms with E-state index in [4.69, 9.17) is 14.2 Å². The normalized spacial score (nSPS) is 21.4. The van der Waals surface area contributed by atoms with Gasteiger partial charge in [0.1, 0.15) is 5.92 Å². The molecule has 0 saturated carbocycles. The van der Waals surface area contributed by atoms with Crippen LogP contribution in [0.1, 0.15) is 47.0 Å². The van der Waals surface area contributed by atoms with Gasteiger partial charge in [0, 0.05) is 5.92 Å². The molecule has 1 fully saturated rings. The van der Waals surface area contributed by atoms with Crippen LogP contribution in [0.4, 0.5) is 0 Å². The third-order valence-corrected chi connectivity index (χ3v) is 4.17. The van der Waals surface area contributed by atoms with Crippen LogP contribution >= 0.6 is 0 Å². The van der Waals surface area contributed by atoms with Crippen LogP contribution in [-0.4, -0.2) is 49.2 Å². The Bertz CT molecular complexity index is 499. The van der Waals surface area contributed by atoms with Crippen molar-refractivity contribution in [2.45, 2.75) is 52.5 Å². The van der Waals surface area contributed by atoms with Gasteiger partial charge in [-0.15, -0.1) is 0 Å². The molecule has 0 aromatic heterocycles. The van der Waals surface area contributed by atoms with E-state index < -0.39 is 41.2 Å². The van der Waals surface area contributed by atoms with Crippen LogP contribution < -0.4 is 5.32 Å². The van der Waals surface area contributed by atoms with Crippen molar-refractivity contribution < 1.29 is 33.4 Å². The Morgan fingerprint density at radius 2 is 1.48 bits per heavy atom. The van der Waals surface area contributed by atoms with Crippen LogP contribution in [0.25, 0.3) is 0 Å². The Hall–Kier alpha value is -2.12. The van der Waals surface area contributed by atoms with Gasteiger partial charge >= 0.3 is 17.9 Å². The second kappa shape index (κ2) is 9.39. The van der Waals surface area contributed by atoms with Gasteiger partial charge in [-0.3, -0.25) is 9.59 Å². The van der Waals surface area contributed by atoms with Gasteiger partial charge in [-0.25, -0.2) is 9.59 Å². The van der Waals surface area contributed by atoms with E-state index in [1.54, 1.807) is 20.8 Å². The first-order valence-corrected chi connectivity index (χ1v) is 8.73. The third kappa shape index (κ3) is 4.11. The maximum Gasteiger partial charge on any atom is 0.344 e. The molecule has 1 heterocycles. The zero-order valence-electron chi connectivity index (χ0n) is 15.3. The average Bonchev–Trinajstić information content (AvgIpc) is 2.87. The highest BCUT2D eigenvalue weighted by Crippen LogP contribution is 2.39. The SMILES string of the molecule is CCCC[C@@H]1[C@@H](C(=O)OCC)C(=O)NC1(C(=O)OCC)C(=O)OCC. The molecule has 1 N–H and O–H groups in total. The molecule has 0 bridgehead atoms. The van der Waals surface area contributed by atoms with Crippen molar-refractivity contribution in [3.05, 3.63) is 0 Å². The highest BCUT2D eigenvalue weighted by molar-refractivity contribution is 6.14. The first kappa shape index (κ1) is 20.9. The molecule has 1 rings (SSSR count). The first-order valence-electron chi connectivity index (χ1n) is 8.73. The van der Waals surface area contributed by atoms with Crippen LogP contribution in [0.3, 0.4) is 0 Å². The number of nitrogens with one attached hydrogen (secondary N) is 1. The molecule has 8 heteroatoms. The molecule has 142 valence electrons. The maximum absolute atomic E-state index is 12.6. The number of carbonyl (C=O) groups excluding carboxylic acids is 4. The summed E-state index contributed by atoms with van der Waals surface area (Å²) >= 11 is 0. The van der Waals surface area contributed by atoms with Crippen molar-refractivity contribution >= 4 is 23.8 Å². The summed E-state index contributed by atoms with van der Waals surface area (Å²) in [5.74, 6) is -5.46. The topological polar surface area (TPSA) is 108 Å².